The van der Waals surface area contributed by atoms with Gasteiger partial charge in [-0.05, 0) is 42.8 Å². The Kier molecular flexibility index (Phi) is 2.83. The lowest BCUT2D eigenvalue weighted by Crippen LogP contribution is -1.93. The molecule has 0 spiro atoms. The molecule has 0 unspecified atom stereocenters. The van der Waals surface area contributed by atoms with Crippen LogP contribution in [0.5, 0.6) is 0 Å². The van der Waals surface area contributed by atoms with Crippen LogP contribution in [0.1, 0.15) is 5.56 Å². The predicted molar refractivity (Wildman–Crippen MR) is 72.4 cm³/mol. The summed E-state index contributed by atoms with van der Waals surface area (Å²) in [5.74, 6) is -0.0147. The van der Waals surface area contributed by atoms with Gasteiger partial charge in [0.2, 0.25) is 5.95 Å². The van der Waals surface area contributed by atoms with E-state index in [9.17, 15) is 4.39 Å². The Hall–Kier alpha value is -2.14. The lowest BCUT2D eigenvalue weighted by Gasteiger charge is -2.02. The van der Waals surface area contributed by atoms with Crippen molar-refractivity contribution in [2.45, 2.75) is 6.92 Å². The van der Waals surface area contributed by atoms with Gasteiger partial charge in [-0.3, -0.25) is 0 Å². The van der Waals surface area contributed by atoms with Crippen LogP contribution in [0, 0.1) is 12.7 Å². The minimum atomic E-state index is -0.453. The van der Waals surface area contributed by atoms with E-state index in [0.29, 0.717) is 11.6 Å². The first-order valence-corrected chi connectivity index (χ1v) is 6.05. The van der Waals surface area contributed by atoms with E-state index in [-0.39, 0.29) is 5.02 Å². The fourth-order valence-electron chi connectivity index (χ4n) is 1.74. The van der Waals surface area contributed by atoms with Crippen LogP contribution in [-0.4, -0.2) is 14.6 Å². The van der Waals surface area contributed by atoms with Crippen molar-refractivity contribution in [1.29, 1.82) is 0 Å². The van der Waals surface area contributed by atoms with E-state index >= 15 is 0 Å². The maximum absolute atomic E-state index is 13.1. The summed E-state index contributed by atoms with van der Waals surface area (Å²) >= 11 is 5.72. The molecular weight excluding hydrogens is 267 g/mol. The number of hydrogen-bond acceptors (Lipinski definition) is 3. The summed E-state index contributed by atoms with van der Waals surface area (Å²) in [5, 5.41) is 7.31. The highest BCUT2D eigenvalue weighted by Crippen LogP contribution is 2.21. The number of benzene rings is 1. The molecule has 0 saturated heterocycles. The maximum atomic E-state index is 13.1. The van der Waals surface area contributed by atoms with Crippen LogP contribution in [0.25, 0.3) is 5.65 Å². The highest BCUT2D eigenvalue weighted by molar-refractivity contribution is 6.31. The van der Waals surface area contributed by atoms with E-state index in [1.807, 2.05) is 25.3 Å². The first-order valence-electron chi connectivity index (χ1n) is 5.67. The zero-order valence-corrected chi connectivity index (χ0v) is 10.8. The van der Waals surface area contributed by atoms with Crippen molar-refractivity contribution >= 4 is 28.9 Å². The lowest BCUT2D eigenvalue weighted by molar-refractivity contribution is 0.628. The van der Waals surface area contributed by atoms with Crippen LogP contribution in [0.15, 0.2) is 36.5 Å². The number of nitrogens with one attached hydrogen (secondary N) is 1. The summed E-state index contributed by atoms with van der Waals surface area (Å²) < 4.78 is 14.7. The van der Waals surface area contributed by atoms with E-state index in [1.54, 1.807) is 10.6 Å². The third-order valence-corrected chi connectivity index (χ3v) is 2.96. The Balaban J connectivity index is 1.94. The van der Waals surface area contributed by atoms with Crippen molar-refractivity contribution in [3.63, 3.8) is 0 Å². The van der Waals surface area contributed by atoms with Gasteiger partial charge in [0.25, 0.3) is 0 Å². The fraction of sp³-hybridized carbons (Fsp3) is 0.0769. The molecule has 0 aliphatic rings. The van der Waals surface area contributed by atoms with Gasteiger partial charge in [-0.15, -0.1) is 5.10 Å². The van der Waals surface area contributed by atoms with Gasteiger partial charge < -0.3 is 5.32 Å². The first kappa shape index (κ1) is 11.9. The molecule has 0 bridgehead atoms. The van der Waals surface area contributed by atoms with Crippen molar-refractivity contribution < 1.29 is 4.39 Å². The van der Waals surface area contributed by atoms with Crippen LogP contribution in [0.4, 0.5) is 16.0 Å². The molecule has 0 saturated carbocycles. The third-order valence-electron chi connectivity index (χ3n) is 2.67. The predicted octanol–water partition coefficient (Wildman–Crippen LogP) is 3.57. The van der Waals surface area contributed by atoms with Crippen LogP contribution in [-0.2, 0) is 0 Å². The SMILES string of the molecule is Cc1ccn2nc(Nc3ccc(F)c(Cl)c3)nc2c1. The molecule has 1 N–H and O–H groups in total. The summed E-state index contributed by atoms with van der Waals surface area (Å²) in [6.07, 6.45) is 1.83. The standard InChI is InChI=1S/C13H10ClFN4/c1-8-4-5-19-12(6-8)17-13(18-19)16-9-2-3-11(15)10(14)7-9/h2-7H,1H3,(H,16,18). The summed E-state index contributed by atoms with van der Waals surface area (Å²) in [4.78, 5) is 4.32. The van der Waals surface area contributed by atoms with Gasteiger partial charge in [-0.2, -0.15) is 4.98 Å². The molecule has 6 heteroatoms. The topological polar surface area (TPSA) is 42.2 Å². The van der Waals surface area contributed by atoms with Crippen molar-refractivity contribution in [3.05, 3.63) is 52.9 Å². The molecule has 96 valence electrons. The van der Waals surface area contributed by atoms with E-state index in [0.717, 1.165) is 11.2 Å². The number of pyridine rings is 1. The molecule has 0 atom stereocenters. The smallest absolute Gasteiger partial charge is 0.247 e. The second kappa shape index (κ2) is 4.51. The monoisotopic (exact) mass is 276 g/mol. The number of aromatic nitrogens is 3. The molecule has 4 nitrogen and oxygen atoms in total. The average Bonchev–Trinajstić information content (AvgIpc) is 2.75. The number of fused-ring (bicyclic) bond motifs is 1. The summed E-state index contributed by atoms with van der Waals surface area (Å²) in [6.45, 7) is 1.99. The molecule has 0 radical (unpaired) electrons. The minimum absolute atomic E-state index is 0.0598. The normalized spacial score (nSPS) is 10.9. The van der Waals surface area contributed by atoms with E-state index in [1.165, 1.54) is 12.1 Å². The van der Waals surface area contributed by atoms with Crippen molar-refractivity contribution in [1.82, 2.24) is 14.6 Å². The molecular formula is C13H10ClFN4. The van der Waals surface area contributed by atoms with Crippen molar-refractivity contribution in [2.75, 3.05) is 5.32 Å². The van der Waals surface area contributed by atoms with Crippen LogP contribution < -0.4 is 5.32 Å². The Bertz CT molecular complexity index is 753. The second-order valence-electron chi connectivity index (χ2n) is 4.20. The first-order chi connectivity index (χ1) is 9.11. The van der Waals surface area contributed by atoms with Gasteiger partial charge >= 0.3 is 0 Å². The van der Waals surface area contributed by atoms with Gasteiger partial charge in [-0.25, -0.2) is 8.91 Å². The van der Waals surface area contributed by atoms with Crippen LogP contribution >= 0.6 is 11.6 Å². The Morgan fingerprint density at radius 1 is 1.26 bits per heavy atom. The summed E-state index contributed by atoms with van der Waals surface area (Å²) in [6, 6.07) is 8.24. The highest BCUT2D eigenvalue weighted by Gasteiger charge is 2.05. The molecule has 3 aromatic rings. The van der Waals surface area contributed by atoms with Crippen LogP contribution in [0.3, 0.4) is 0 Å². The molecule has 2 heterocycles. The number of rotatable bonds is 2. The number of nitrogens with zero attached hydrogens (tertiary/aromatic N) is 3. The van der Waals surface area contributed by atoms with Gasteiger partial charge in [0.05, 0.1) is 5.02 Å². The van der Waals surface area contributed by atoms with Crippen molar-refractivity contribution in [3.8, 4) is 0 Å². The Morgan fingerprint density at radius 2 is 2.11 bits per heavy atom. The van der Waals surface area contributed by atoms with E-state index in [2.05, 4.69) is 15.4 Å². The zero-order chi connectivity index (χ0) is 13.4. The van der Waals surface area contributed by atoms with Crippen LogP contribution in [0.2, 0.25) is 5.02 Å². The van der Waals surface area contributed by atoms with Gasteiger partial charge in [0, 0.05) is 11.9 Å². The number of aryl methyl sites for hydroxylation is 1. The van der Waals surface area contributed by atoms with Gasteiger partial charge in [0.1, 0.15) is 5.82 Å². The second-order valence-corrected chi connectivity index (χ2v) is 4.60. The Labute approximate surface area is 113 Å². The number of halogens is 2. The van der Waals surface area contributed by atoms with Gasteiger partial charge in [0.15, 0.2) is 5.65 Å². The highest BCUT2D eigenvalue weighted by atomic mass is 35.5. The van der Waals surface area contributed by atoms with Crippen molar-refractivity contribution in [2.24, 2.45) is 0 Å². The number of anilines is 2. The molecule has 3 rings (SSSR count). The molecule has 0 aliphatic heterocycles. The molecule has 0 fully saturated rings. The number of hydrogen-bond donors (Lipinski definition) is 1. The largest absolute Gasteiger partial charge is 0.323 e. The Morgan fingerprint density at radius 3 is 2.89 bits per heavy atom. The van der Waals surface area contributed by atoms with E-state index in [4.69, 9.17) is 11.6 Å². The quantitative estimate of drug-likeness (QED) is 0.778. The maximum Gasteiger partial charge on any atom is 0.247 e. The minimum Gasteiger partial charge on any atom is -0.323 e. The molecule has 19 heavy (non-hydrogen) atoms. The molecule has 0 amide bonds. The molecule has 1 aromatic carbocycles. The van der Waals surface area contributed by atoms with Gasteiger partial charge in [-0.1, -0.05) is 11.6 Å². The summed E-state index contributed by atoms with van der Waals surface area (Å²) in [7, 11) is 0. The third kappa shape index (κ3) is 2.37. The fourth-order valence-corrected chi connectivity index (χ4v) is 1.92. The molecule has 2 aromatic heterocycles. The lowest BCUT2D eigenvalue weighted by atomic mass is 10.3. The molecule has 0 aliphatic carbocycles. The summed E-state index contributed by atoms with van der Waals surface area (Å²) in [5.41, 5.74) is 2.49. The van der Waals surface area contributed by atoms with E-state index < -0.39 is 5.82 Å². The average molecular weight is 277 g/mol. The zero-order valence-electron chi connectivity index (χ0n) is 10.1.